The van der Waals surface area contributed by atoms with Gasteiger partial charge in [-0.05, 0) is 30.3 Å². The molecular weight excluding hydrogens is 319 g/mol. The van der Waals surface area contributed by atoms with Crippen LogP contribution in [-0.2, 0) is 4.79 Å². The number of nitrogens with two attached hydrogens (primary N) is 1. The van der Waals surface area contributed by atoms with Gasteiger partial charge in [0, 0.05) is 52.1 Å². The van der Waals surface area contributed by atoms with Crippen molar-refractivity contribution in [2.24, 2.45) is 5.73 Å². The van der Waals surface area contributed by atoms with Crippen molar-refractivity contribution in [2.75, 3.05) is 0 Å². The summed E-state index contributed by atoms with van der Waals surface area (Å²) in [6.07, 6.45) is 8.06. The molecule has 0 spiro atoms. The average Bonchev–Trinajstić information content (AvgIpc) is 3.02. The van der Waals surface area contributed by atoms with Crippen molar-refractivity contribution >= 4 is 33.9 Å². The summed E-state index contributed by atoms with van der Waals surface area (Å²) in [5.74, 6) is -0.833. The number of aromatic nitrogens is 3. The number of amides is 1. The zero-order valence-electron chi connectivity index (χ0n) is 13.0. The fourth-order valence-corrected chi connectivity index (χ4v) is 2.76. The largest absolute Gasteiger partial charge is 0.366 e. The van der Waals surface area contributed by atoms with Gasteiger partial charge in [0.1, 0.15) is 11.5 Å². The summed E-state index contributed by atoms with van der Waals surface area (Å²) in [7, 11) is 0. The van der Waals surface area contributed by atoms with Gasteiger partial charge in [-0.2, -0.15) is 0 Å². The van der Waals surface area contributed by atoms with Crippen molar-refractivity contribution in [3.63, 3.8) is 0 Å². The Labute approximate surface area is 142 Å². The molecule has 5 nitrogen and oxygen atoms in total. The standard InChI is InChI=1S/C19H13FN4O/c20-16-2-1-3-17-15(16)7-13(9-22-17)12-6-14-11(4-5-18(21)25)8-23-19(14)24-10-12/h1-10H,(H2,21,25)(H,23,24)/b5-4+. The molecular formula is C19H13FN4O. The van der Waals surface area contributed by atoms with Gasteiger partial charge < -0.3 is 10.7 Å². The van der Waals surface area contributed by atoms with Crippen LogP contribution in [0.1, 0.15) is 5.56 Å². The normalized spacial score (nSPS) is 11.6. The van der Waals surface area contributed by atoms with Gasteiger partial charge in [-0.25, -0.2) is 9.37 Å². The highest BCUT2D eigenvalue weighted by molar-refractivity contribution is 5.96. The second-order valence-electron chi connectivity index (χ2n) is 5.63. The molecule has 4 aromatic rings. The number of benzene rings is 1. The molecule has 0 fully saturated rings. The van der Waals surface area contributed by atoms with Crippen molar-refractivity contribution in [3.8, 4) is 11.1 Å². The van der Waals surface area contributed by atoms with E-state index in [0.717, 1.165) is 22.1 Å². The molecule has 0 bridgehead atoms. The highest BCUT2D eigenvalue weighted by Gasteiger charge is 2.08. The minimum absolute atomic E-state index is 0.312. The van der Waals surface area contributed by atoms with Gasteiger partial charge in [-0.1, -0.05) is 6.07 Å². The average molecular weight is 332 g/mol. The Balaban J connectivity index is 1.85. The zero-order valence-corrected chi connectivity index (χ0v) is 13.0. The number of nitrogens with one attached hydrogen (secondary N) is 1. The van der Waals surface area contributed by atoms with E-state index in [4.69, 9.17) is 5.73 Å². The molecule has 0 aliphatic rings. The molecule has 3 aromatic heterocycles. The molecule has 0 radical (unpaired) electrons. The SMILES string of the molecule is NC(=O)/C=C/c1c[nH]c2ncc(-c3cnc4cccc(F)c4c3)cc12. The van der Waals surface area contributed by atoms with Crippen LogP contribution in [0.3, 0.4) is 0 Å². The van der Waals surface area contributed by atoms with Crippen molar-refractivity contribution in [3.05, 3.63) is 66.4 Å². The van der Waals surface area contributed by atoms with E-state index in [0.29, 0.717) is 16.6 Å². The molecule has 1 amide bonds. The van der Waals surface area contributed by atoms with Crippen molar-refractivity contribution in [1.29, 1.82) is 0 Å². The minimum atomic E-state index is -0.521. The number of halogens is 1. The highest BCUT2D eigenvalue weighted by atomic mass is 19.1. The van der Waals surface area contributed by atoms with Crippen LogP contribution in [0.25, 0.3) is 39.1 Å². The van der Waals surface area contributed by atoms with Crippen molar-refractivity contribution in [1.82, 2.24) is 15.0 Å². The van der Waals surface area contributed by atoms with E-state index in [2.05, 4.69) is 15.0 Å². The molecule has 0 atom stereocenters. The first-order valence-corrected chi connectivity index (χ1v) is 7.61. The molecule has 0 saturated heterocycles. The van der Waals surface area contributed by atoms with E-state index in [9.17, 15) is 9.18 Å². The Morgan fingerprint density at radius 2 is 1.88 bits per heavy atom. The highest BCUT2D eigenvalue weighted by Crippen LogP contribution is 2.27. The summed E-state index contributed by atoms with van der Waals surface area (Å²) in [5, 5.41) is 1.30. The van der Waals surface area contributed by atoms with Crippen LogP contribution in [0.2, 0.25) is 0 Å². The number of hydrogen-bond acceptors (Lipinski definition) is 3. The molecule has 0 saturated carbocycles. The first-order chi connectivity index (χ1) is 12.1. The van der Waals surface area contributed by atoms with Crippen LogP contribution in [-0.4, -0.2) is 20.9 Å². The van der Waals surface area contributed by atoms with Gasteiger partial charge in [0.15, 0.2) is 0 Å². The molecule has 122 valence electrons. The first kappa shape index (κ1) is 15.0. The second-order valence-corrected chi connectivity index (χ2v) is 5.63. The quantitative estimate of drug-likeness (QED) is 0.564. The third-order valence-electron chi connectivity index (χ3n) is 4.00. The third kappa shape index (κ3) is 2.74. The molecule has 0 unspecified atom stereocenters. The number of fused-ring (bicyclic) bond motifs is 2. The van der Waals surface area contributed by atoms with E-state index in [1.54, 1.807) is 42.9 Å². The van der Waals surface area contributed by atoms with Gasteiger partial charge in [0.25, 0.3) is 0 Å². The van der Waals surface area contributed by atoms with Gasteiger partial charge in [0.05, 0.1) is 5.52 Å². The van der Waals surface area contributed by atoms with Crippen LogP contribution in [0.5, 0.6) is 0 Å². The molecule has 4 rings (SSSR count). The maximum atomic E-state index is 14.0. The lowest BCUT2D eigenvalue weighted by Gasteiger charge is -2.04. The molecule has 0 aliphatic carbocycles. The lowest BCUT2D eigenvalue weighted by Crippen LogP contribution is -2.04. The summed E-state index contributed by atoms with van der Waals surface area (Å²) < 4.78 is 14.0. The lowest BCUT2D eigenvalue weighted by atomic mass is 10.0. The number of rotatable bonds is 3. The summed E-state index contributed by atoms with van der Waals surface area (Å²) in [4.78, 5) is 22.7. The van der Waals surface area contributed by atoms with Crippen LogP contribution >= 0.6 is 0 Å². The first-order valence-electron chi connectivity index (χ1n) is 7.61. The van der Waals surface area contributed by atoms with E-state index in [-0.39, 0.29) is 5.82 Å². The van der Waals surface area contributed by atoms with E-state index in [1.807, 2.05) is 6.07 Å². The summed E-state index contributed by atoms with van der Waals surface area (Å²) >= 11 is 0. The summed E-state index contributed by atoms with van der Waals surface area (Å²) in [6, 6.07) is 8.49. The topological polar surface area (TPSA) is 84.7 Å². The molecule has 3 N–H and O–H groups in total. The summed E-state index contributed by atoms with van der Waals surface area (Å²) in [5.41, 5.74) is 8.80. The number of H-pyrrole nitrogens is 1. The summed E-state index contributed by atoms with van der Waals surface area (Å²) in [6.45, 7) is 0. The Bertz CT molecular complexity index is 1150. The van der Waals surface area contributed by atoms with Gasteiger partial charge in [-0.3, -0.25) is 9.78 Å². The maximum Gasteiger partial charge on any atom is 0.241 e. The van der Waals surface area contributed by atoms with Crippen molar-refractivity contribution in [2.45, 2.75) is 0 Å². The Kier molecular flexibility index (Phi) is 3.50. The van der Waals surface area contributed by atoms with Crippen LogP contribution in [0.15, 0.2) is 55.0 Å². The number of primary amides is 1. The van der Waals surface area contributed by atoms with E-state index < -0.39 is 5.91 Å². The number of hydrogen-bond donors (Lipinski definition) is 2. The maximum absolute atomic E-state index is 14.0. The van der Waals surface area contributed by atoms with Crippen LogP contribution < -0.4 is 5.73 Å². The lowest BCUT2D eigenvalue weighted by molar-refractivity contribution is -0.113. The Hall–Kier alpha value is -3.54. The molecule has 25 heavy (non-hydrogen) atoms. The Morgan fingerprint density at radius 3 is 2.68 bits per heavy atom. The molecule has 6 heteroatoms. The fourth-order valence-electron chi connectivity index (χ4n) is 2.76. The molecule has 0 aliphatic heterocycles. The van der Waals surface area contributed by atoms with Gasteiger partial charge >= 0.3 is 0 Å². The van der Waals surface area contributed by atoms with Gasteiger partial charge in [0.2, 0.25) is 5.91 Å². The van der Waals surface area contributed by atoms with E-state index in [1.165, 1.54) is 12.1 Å². The van der Waals surface area contributed by atoms with Gasteiger partial charge in [-0.15, -0.1) is 0 Å². The van der Waals surface area contributed by atoms with Crippen LogP contribution in [0.4, 0.5) is 4.39 Å². The second kappa shape index (κ2) is 5.83. The number of carbonyl (C=O) groups excluding carboxylic acids is 1. The monoisotopic (exact) mass is 332 g/mol. The predicted octanol–water partition coefficient (Wildman–Crippen LogP) is 3.42. The predicted molar refractivity (Wildman–Crippen MR) is 95.0 cm³/mol. The van der Waals surface area contributed by atoms with Crippen LogP contribution in [0, 0.1) is 5.82 Å². The van der Waals surface area contributed by atoms with E-state index >= 15 is 0 Å². The molecule has 3 heterocycles. The number of pyridine rings is 2. The fraction of sp³-hybridized carbons (Fsp3) is 0. The zero-order chi connectivity index (χ0) is 17.4. The number of nitrogens with zero attached hydrogens (tertiary/aromatic N) is 2. The van der Waals surface area contributed by atoms with Crippen molar-refractivity contribution < 1.29 is 9.18 Å². The minimum Gasteiger partial charge on any atom is -0.366 e. The Morgan fingerprint density at radius 1 is 1.12 bits per heavy atom. The molecule has 1 aromatic carbocycles. The smallest absolute Gasteiger partial charge is 0.241 e. The number of carbonyl (C=O) groups is 1. The third-order valence-corrected chi connectivity index (χ3v) is 4.00. The number of aromatic amines is 1.